The van der Waals surface area contributed by atoms with Crippen molar-refractivity contribution < 1.29 is 0 Å². The van der Waals surface area contributed by atoms with Crippen LogP contribution in [0.2, 0.25) is 0 Å². The van der Waals surface area contributed by atoms with E-state index in [1.807, 2.05) is 0 Å². The van der Waals surface area contributed by atoms with E-state index >= 15 is 0 Å². The SMILES string of the molecule is Brc1cc(Br)cc(-c2ccc(-c3cc(-c4ccccc4)cc(-c4ccccc4)c3)c3ccccc23)c1. The molecule has 6 aromatic rings. The Kier molecular flexibility index (Phi) is 6.31. The zero-order valence-electron chi connectivity index (χ0n) is 19.5. The molecule has 0 atom stereocenters. The Morgan fingerprint density at radius 2 is 0.694 bits per heavy atom. The van der Waals surface area contributed by atoms with Gasteiger partial charge >= 0.3 is 0 Å². The molecule has 172 valence electrons. The first-order chi connectivity index (χ1) is 17.7. The van der Waals surface area contributed by atoms with E-state index in [9.17, 15) is 0 Å². The van der Waals surface area contributed by atoms with E-state index in [1.54, 1.807) is 0 Å². The van der Waals surface area contributed by atoms with Gasteiger partial charge in [0.15, 0.2) is 0 Å². The number of rotatable bonds is 4. The molecule has 0 nitrogen and oxygen atoms in total. The number of hydrogen-bond acceptors (Lipinski definition) is 0. The summed E-state index contributed by atoms with van der Waals surface area (Å²) in [7, 11) is 0. The van der Waals surface area contributed by atoms with E-state index in [0.717, 1.165) is 8.95 Å². The van der Waals surface area contributed by atoms with E-state index in [1.165, 1.54) is 55.3 Å². The molecule has 0 saturated carbocycles. The number of benzene rings is 6. The molecule has 6 rings (SSSR count). The molecule has 0 amide bonds. The summed E-state index contributed by atoms with van der Waals surface area (Å²) in [6, 6.07) is 47.9. The summed E-state index contributed by atoms with van der Waals surface area (Å²) >= 11 is 7.31. The summed E-state index contributed by atoms with van der Waals surface area (Å²) in [5, 5.41) is 2.49. The summed E-state index contributed by atoms with van der Waals surface area (Å²) in [5.41, 5.74) is 9.73. The van der Waals surface area contributed by atoms with E-state index in [-0.39, 0.29) is 0 Å². The lowest BCUT2D eigenvalue weighted by atomic mass is 9.89. The van der Waals surface area contributed by atoms with Gasteiger partial charge in [-0.15, -0.1) is 0 Å². The molecule has 0 aliphatic rings. The molecule has 0 N–H and O–H groups in total. The Bertz CT molecular complexity index is 1610. The van der Waals surface area contributed by atoms with Crippen LogP contribution in [0.3, 0.4) is 0 Å². The summed E-state index contributed by atoms with van der Waals surface area (Å²) < 4.78 is 2.12. The first-order valence-corrected chi connectivity index (χ1v) is 13.5. The maximum Gasteiger partial charge on any atom is 0.0192 e. The highest BCUT2D eigenvalue weighted by atomic mass is 79.9. The van der Waals surface area contributed by atoms with Crippen LogP contribution in [0.1, 0.15) is 0 Å². The maximum atomic E-state index is 3.66. The van der Waals surface area contributed by atoms with Crippen molar-refractivity contribution in [2.75, 3.05) is 0 Å². The normalized spacial score (nSPS) is 11.1. The molecule has 6 aromatic carbocycles. The zero-order chi connectivity index (χ0) is 24.5. The lowest BCUT2D eigenvalue weighted by Gasteiger charge is -2.15. The lowest BCUT2D eigenvalue weighted by Crippen LogP contribution is -1.89. The Morgan fingerprint density at radius 3 is 1.17 bits per heavy atom. The third kappa shape index (κ3) is 4.55. The average Bonchev–Trinajstić information content (AvgIpc) is 2.92. The predicted octanol–water partition coefficient (Wildman–Crippen LogP) is 11.0. The molecule has 0 aromatic heterocycles. The van der Waals surface area contributed by atoms with Crippen LogP contribution in [-0.4, -0.2) is 0 Å². The molecule has 0 bridgehead atoms. The number of fused-ring (bicyclic) bond motifs is 1. The van der Waals surface area contributed by atoms with Crippen molar-refractivity contribution in [3.8, 4) is 44.5 Å². The average molecular weight is 590 g/mol. The molecular weight excluding hydrogens is 568 g/mol. The van der Waals surface area contributed by atoms with E-state index in [4.69, 9.17) is 0 Å². The topological polar surface area (TPSA) is 0 Å². The van der Waals surface area contributed by atoms with E-state index in [0.29, 0.717) is 0 Å². The van der Waals surface area contributed by atoms with Crippen LogP contribution in [0.5, 0.6) is 0 Å². The van der Waals surface area contributed by atoms with Gasteiger partial charge in [-0.2, -0.15) is 0 Å². The molecule has 0 heterocycles. The minimum Gasteiger partial charge on any atom is -0.0622 e. The monoisotopic (exact) mass is 588 g/mol. The van der Waals surface area contributed by atoms with Gasteiger partial charge in [0.05, 0.1) is 0 Å². The first-order valence-electron chi connectivity index (χ1n) is 11.9. The van der Waals surface area contributed by atoms with Crippen molar-refractivity contribution in [2.45, 2.75) is 0 Å². The minimum atomic E-state index is 1.06. The zero-order valence-corrected chi connectivity index (χ0v) is 22.6. The Labute approximate surface area is 228 Å². The van der Waals surface area contributed by atoms with Crippen molar-refractivity contribution in [3.63, 3.8) is 0 Å². The van der Waals surface area contributed by atoms with Gasteiger partial charge in [0.1, 0.15) is 0 Å². The Morgan fingerprint density at radius 1 is 0.306 bits per heavy atom. The first kappa shape index (κ1) is 23.0. The molecule has 0 aliphatic carbocycles. The fraction of sp³-hybridized carbons (Fsp3) is 0. The predicted molar refractivity (Wildman–Crippen MR) is 161 cm³/mol. The van der Waals surface area contributed by atoms with Crippen molar-refractivity contribution in [3.05, 3.63) is 142 Å². The summed E-state index contributed by atoms with van der Waals surface area (Å²) in [5.74, 6) is 0. The van der Waals surface area contributed by atoms with Crippen molar-refractivity contribution in [1.82, 2.24) is 0 Å². The minimum absolute atomic E-state index is 1.06. The van der Waals surface area contributed by atoms with E-state index in [2.05, 4.69) is 165 Å². The van der Waals surface area contributed by atoms with E-state index < -0.39 is 0 Å². The van der Waals surface area contributed by atoms with Gasteiger partial charge in [0.25, 0.3) is 0 Å². The van der Waals surface area contributed by atoms with Gasteiger partial charge in [0, 0.05) is 8.95 Å². The molecular formula is C34H22Br2. The highest BCUT2D eigenvalue weighted by Gasteiger charge is 2.13. The van der Waals surface area contributed by atoms with Gasteiger partial charge in [-0.3, -0.25) is 0 Å². The van der Waals surface area contributed by atoms with Crippen LogP contribution in [0, 0.1) is 0 Å². The highest BCUT2D eigenvalue weighted by Crippen LogP contribution is 2.40. The second-order valence-corrected chi connectivity index (χ2v) is 10.7. The molecule has 0 aliphatic heterocycles. The fourth-order valence-electron chi connectivity index (χ4n) is 4.89. The van der Waals surface area contributed by atoms with Gasteiger partial charge in [0.2, 0.25) is 0 Å². The molecule has 36 heavy (non-hydrogen) atoms. The fourth-order valence-corrected chi connectivity index (χ4v) is 6.18. The van der Waals surface area contributed by atoms with Gasteiger partial charge in [-0.25, -0.2) is 0 Å². The molecule has 0 spiro atoms. The molecule has 0 saturated heterocycles. The lowest BCUT2D eigenvalue weighted by molar-refractivity contribution is 1.56. The number of halogens is 2. The maximum absolute atomic E-state index is 3.66. The smallest absolute Gasteiger partial charge is 0.0192 e. The highest BCUT2D eigenvalue weighted by molar-refractivity contribution is 9.11. The second kappa shape index (κ2) is 9.89. The third-order valence-electron chi connectivity index (χ3n) is 6.56. The van der Waals surface area contributed by atoms with Crippen LogP contribution in [-0.2, 0) is 0 Å². The van der Waals surface area contributed by atoms with Crippen LogP contribution < -0.4 is 0 Å². The molecule has 0 unspecified atom stereocenters. The quantitative estimate of drug-likeness (QED) is 0.192. The number of hydrogen-bond donors (Lipinski definition) is 0. The van der Waals surface area contributed by atoms with Gasteiger partial charge in [-0.1, -0.05) is 129 Å². The van der Waals surface area contributed by atoms with Crippen LogP contribution in [0.4, 0.5) is 0 Å². The standard InChI is InChI=1S/C34H22Br2/c35-29-20-28(21-30(36)22-29)32-16-15-31(33-13-7-8-14-34(32)33)27-18-25(23-9-3-1-4-10-23)17-26(19-27)24-11-5-2-6-12-24/h1-22H. The summed E-state index contributed by atoms with van der Waals surface area (Å²) in [6.45, 7) is 0. The summed E-state index contributed by atoms with van der Waals surface area (Å²) in [6.07, 6.45) is 0. The molecule has 0 fully saturated rings. The van der Waals surface area contributed by atoms with Crippen molar-refractivity contribution >= 4 is 42.6 Å². The second-order valence-electron chi connectivity index (χ2n) is 8.90. The van der Waals surface area contributed by atoms with Gasteiger partial charge < -0.3 is 0 Å². The van der Waals surface area contributed by atoms with Crippen molar-refractivity contribution in [2.24, 2.45) is 0 Å². The van der Waals surface area contributed by atoms with Crippen LogP contribution in [0.15, 0.2) is 142 Å². The van der Waals surface area contributed by atoms with Gasteiger partial charge in [-0.05, 0) is 91.7 Å². The largest absolute Gasteiger partial charge is 0.0622 e. The van der Waals surface area contributed by atoms with Crippen LogP contribution in [0.25, 0.3) is 55.3 Å². The van der Waals surface area contributed by atoms with Crippen LogP contribution >= 0.6 is 31.9 Å². The molecule has 2 heteroatoms. The Hall–Kier alpha value is -3.46. The van der Waals surface area contributed by atoms with Crippen molar-refractivity contribution in [1.29, 1.82) is 0 Å². The molecule has 0 radical (unpaired) electrons. The summed E-state index contributed by atoms with van der Waals surface area (Å²) in [4.78, 5) is 0. The Balaban J connectivity index is 1.59. The third-order valence-corrected chi connectivity index (χ3v) is 7.47.